The fourth-order valence-electron chi connectivity index (χ4n) is 4.60. The van der Waals surface area contributed by atoms with E-state index in [1.54, 1.807) is 0 Å². The van der Waals surface area contributed by atoms with Crippen molar-refractivity contribution < 1.29 is 14.3 Å². The number of carboxylic acid groups (broad SMARTS) is 1. The van der Waals surface area contributed by atoms with Gasteiger partial charge in [0.05, 0.1) is 0 Å². The topological polar surface area (TPSA) is 46.5 Å². The summed E-state index contributed by atoms with van der Waals surface area (Å²) in [5, 5.41) is 11.4. The number of carbonyl (C=O) groups is 1. The van der Waals surface area contributed by atoms with Crippen LogP contribution in [-0.4, -0.2) is 26.0 Å². The summed E-state index contributed by atoms with van der Waals surface area (Å²) in [5.41, 5.74) is 0. The Kier molecular flexibility index (Phi) is 11.2. The van der Waals surface area contributed by atoms with Gasteiger partial charge in [-0.3, -0.25) is 4.79 Å². The highest BCUT2D eigenvalue weighted by Gasteiger charge is 2.49. The Morgan fingerprint density at radius 2 is 1.12 bits per heavy atom. The van der Waals surface area contributed by atoms with Crippen LogP contribution in [0.3, 0.4) is 0 Å². The Bertz CT molecular complexity index is 729. The molecule has 0 bridgehead atoms. The lowest BCUT2D eigenvalue weighted by Gasteiger charge is -2.43. The molecule has 0 aliphatic heterocycles. The lowest BCUT2D eigenvalue weighted by molar-refractivity contribution is -0.137. The Labute approximate surface area is 196 Å². The third-order valence-corrected chi connectivity index (χ3v) is 11.3. The van der Waals surface area contributed by atoms with Crippen LogP contribution in [0.5, 0.6) is 0 Å². The summed E-state index contributed by atoms with van der Waals surface area (Å²) in [5.74, 6) is -0.676. The van der Waals surface area contributed by atoms with Crippen molar-refractivity contribution in [1.82, 2.24) is 0 Å². The second kappa shape index (κ2) is 13.6. The van der Waals surface area contributed by atoms with Gasteiger partial charge >= 0.3 is 5.97 Å². The van der Waals surface area contributed by atoms with E-state index in [1.165, 1.54) is 42.5 Å². The molecule has 176 valence electrons. The molecule has 2 rings (SSSR count). The first-order valence-corrected chi connectivity index (χ1v) is 14.3. The molecule has 0 aliphatic rings. The molecule has 0 atom stereocenters. The maximum atomic E-state index is 10.5. The average Bonchev–Trinajstić information content (AvgIpc) is 2.77. The normalized spacial score (nSPS) is 12.1. The fraction of sp³-hybridized carbons (Fsp3) is 0.536. The van der Waals surface area contributed by atoms with Gasteiger partial charge in [-0.1, -0.05) is 126 Å². The number of unbranched alkanes of at least 4 members (excludes halogenated alkanes) is 8. The summed E-state index contributed by atoms with van der Waals surface area (Å²) in [4.78, 5) is 10.5. The molecule has 32 heavy (non-hydrogen) atoms. The van der Waals surface area contributed by atoms with Gasteiger partial charge < -0.3 is 9.53 Å². The van der Waals surface area contributed by atoms with Crippen LogP contribution in [-0.2, 0) is 9.22 Å². The molecule has 0 spiro atoms. The van der Waals surface area contributed by atoms with E-state index in [-0.39, 0.29) is 5.04 Å². The monoisotopic (exact) mass is 454 g/mol. The highest BCUT2D eigenvalue weighted by atomic mass is 28.4. The molecular formula is C28H42O3Si. The minimum absolute atomic E-state index is 0.0380. The Balaban J connectivity index is 1.84. The van der Waals surface area contributed by atoms with Crippen LogP contribution >= 0.6 is 0 Å². The zero-order valence-electron chi connectivity index (χ0n) is 20.3. The quantitative estimate of drug-likeness (QED) is 0.245. The molecule has 2 aromatic rings. The lowest BCUT2D eigenvalue weighted by Crippen LogP contribution is -2.66. The van der Waals surface area contributed by atoms with Crippen molar-refractivity contribution in [2.24, 2.45) is 0 Å². The molecule has 0 heterocycles. The number of benzene rings is 2. The van der Waals surface area contributed by atoms with E-state index in [1.807, 2.05) is 0 Å². The summed E-state index contributed by atoms with van der Waals surface area (Å²) in [7, 11) is -2.39. The molecule has 0 saturated carbocycles. The molecule has 0 aromatic heterocycles. The van der Waals surface area contributed by atoms with Crippen LogP contribution in [0, 0.1) is 0 Å². The van der Waals surface area contributed by atoms with E-state index in [4.69, 9.17) is 9.53 Å². The van der Waals surface area contributed by atoms with Crippen molar-refractivity contribution in [2.45, 2.75) is 90.0 Å². The standard InChI is InChI=1S/C28H42O3Si/c1-28(2,3)32(25-19-13-11-14-20-25,26-21-15-12-16-22-26)31-24-18-10-8-6-4-5-7-9-17-23-27(29)30/h11-16,19-22H,4-10,17-18,23-24H2,1-3H3,(H,29,30). The van der Waals surface area contributed by atoms with Crippen LogP contribution in [0.15, 0.2) is 60.7 Å². The van der Waals surface area contributed by atoms with Crippen molar-refractivity contribution in [2.75, 3.05) is 6.61 Å². The third-order valence-electron chi connectivity index (χ3n) is 6.27. The van der Waals surface area contributed by atoms with E-state index < -0.39 is 14.3 Å². The summed E-state index contributed by atoms with van der Waals surface area (Å²) >= 11 is 0. The average molecular weight is 455 g/mol. The molecule has 0 unspecified atom stereocenters. The van der Waals surface area contributed by atoms with Crippen LogP contribution < -0.4 is 10.4 Å². The zero-order valence-corrected chi connectivity index (χ0v) is 21.3. The van der Waals surface area contributed by atoms with Crippen molar-refractivity contribution in [1.29, 1.82) is 0 Å². The highest BCUT2D eigenvalue weighted by molar-refractivity contribution is 6.99. The lowest BCUT2D eigenvalue weighted by atomic mass is 10.1. The Hall–Kier alpha value is -1.91. The van der Waals surface area contributed by atoms with Gasteiger partial charge in [0.1, 0.15) is 0 Å². The van der Waals surface area contributed by atoms with Gasteiger partial charge in [-0.25, -0.2) is 0 Å². The number of hydrogen-bond acceptors (Lipinski definition) is 2. The summed E-state index contributed by atoms with van der Waals surface area (Å²) in [6, 6.07) is 21.7. The van der Waals surface area contributed by atoms with Crippen molar-refractivity contribution in [3.05, 3.63) is 60.7 Å². The molecule has 0 fully saturated rings. The van der Waals surface area contributed by atoms with Crippen LogP contribution in [0.25, 0.3) is 0 Å². The second-order valence-corrected chi connectivity index (χ2v) is 14.1. The minimum atomic E-state index is -2.39. The smallest absolute Gasteiger partial charge is 0.303 e. The predicted molar refractivity (Wildman–Crippen MR) is 137 cm³/mol. The van der Waals surface area contributed by atoms with Crippen molar-refractivity contribution in [3.8, 4) is 0 Å². The number of rotatable bonds is 15. The number of carboxylic acids is 1. The van der Waals surface area contributed by atoms with Crippen LogP contribution in [0.2, 0.25) is 5.04 Å². The van der Waals surface area contributed by atoms with Crippen molar-refractivity contribution >= 4 is 24.7 Å². The Morgan fingerprint density at radius 1 is 0.719 bits per heavy atom. The molecule has 0 saturated heterocycles. The van der Waals surface area contributed by atoms with Gasteiger partial charge in [-0.05, 0) is 28.3 Å². The molecule has 0 radical (unpaired) electrons. The zero-order chi connectivity index (χ0) is 23.3. The molecule has 0 aliphatic carbocycles. The second-order valence-electron chi connectivity index (χ2n) is 9.84. The summed E-state index contributed by atoms with van der Waals surface area (Å²) in [6.07, 6.45) is 10.6. The van der Waals surface area contributed by atoms with E-state index in [0.717, 1.165) is 32.3 Å². The van der Waals surface area contributed by atoms with Gasteiger partial charge in [-0.15, -0.1) is 0 Å². The fourth-order valence-corrected chi connectivity index (χ4v) is 9.21. The first-order chi connectivity index (χ1) is 15.4. The van der Waals surface area contributed by atoms with Crippen LogP contribution in [0.4, 0.5) is 0 Å². The Morgan fingerprint density at radius 3 is 1.53 bits per heavy atom. The van der Waals surface area contributed by atoms with Gasteiger partial charge in [-0.2, -0.15) is 0 Å². The molecule has 1 N–H and O–H groups in total. The summed E-state index contributed by atoms with van der Waals surface area (Å²) < 4.78 is 6.95. The maximum absolute atomic E-state index is 10.5. The predicted octanol–water partition coefficient (Wildman–Crippen LogP) is 6.55. The van der Waals surface area contributed by atoms with Crippen LogP contribution in [0.1, 0.15) is 85.0 Å². The molecule has 4 heteroatoms. The van der Waals surface area contributed by atoms with Gasteiger partial charge in [0.25, 0.3) is 8.32 Å². The maximum Gasteiger partial charge on any atom is 0.303 e. The largest absolute Gasteiger partial charge is 0.481 e. The molecule has 3 nitrogen and oxygen atoms in total. The van der Waals surface area contributed by atoms with E-state index in [2.05, 4.69) is 81.4 Å². The number of aliphatic carboxylic acids is 1. The minimum Gasteiger partial charge on any atom is -0.481 e. The molecular weight excluding hydrogens is 412 g/mol. The van der Waals surface area contributed by atoms with E-state index >= 15 is 0 Å². The number of hydrogen-bond donors (Lipinski definition) is 1. The highest BCUT2D eigenvalue weighted by Crippen LogP contribution is 2.36. The molecule has 2 aromatic carbocycles. The summed E-state index contributed by atoms with van der Waals surface area (Å²) in [6.45, 7) is 7.80. The molecule has 0 amide bonds. The van der Waals surface area contributed by atoms with Gasteiger partial charge in [0, 0.05) is 13.0 Å². The van der Waals surface area contributed by atoms with Crippen molar-refractivity contribution in [3.63, 3.8) is 0 Å². The first kappa shape index (κ1) is 26.3. The SMILES string of the molecule is CC(C)(C)[Si](OCCCCCCCCCCCC(=O)O)(c1ccccc1)c1ccccc1. The van der Waals surface area contributed by atoms with Gasteiger partial charge in [0.15, 0.2) is 0 Å². The third kappa shape index (κ3) is 7.90. The first-order valence-electron chi connectivity index (χ1n) is 12.3. The van der Waals surface area contributed by atoms with E-state index in [0.29, 0.717) is 6.42 Å². The van der Waals surface area contributed by atoms with E-state index in [9.17, 15) is 4.79 Å². The van der Waals surface area contributed by atoms with Gasteiger partial charge in [0.2, 0.25) is 0 Å².